The van der Waals surface area contributed by atoms with Crippen LogP contribution in [0.5, 0.6) is 0 Å². The quantitative estimate of drug-likeness (QED) is 0.305. The summed E-state index contributed by atoms with van der Waals surface area (Å²) in [4.78, 5) is 4.15. The van der Waals surface area contributed by atoms with Gasteiger partial charge in [0.15, 0.2) is 5.96 Å². The van der Waals surface area contributed by atoms with E-state index >= 15 is 0 Å². The first-order valence-electron chi connectivity index (χ1n) is 7.29. The Morgan fingerprint density at radius 2 is 2.00 bits per heavy atom. The highest BCUT2D eigenvalue weighted by Gasteiger charge is 1.99. The molecule has 0 aliphatic heterocycles. The predicted octanol–water partition coefficient (Wildman–Crippen LogP) is 2.18. The summed E-state index contributed by atoms with van der Waals surface area (Å²) in [6.45, 7) is 2.27. The number of nitrogens with zero attached hydrogens (tertiary/aromatic N) is 4. The van der Waals surface area contributed by atoms with Crippen molar-refractivity contribution in [2.24, 2.45) is 4.99 Å². The molecule has 1 heterocycles. The fraction of sp³-hybridized carbons (Fsp3) is 0.400. The van der Waals surface area contributed by atoms with Gasteiger partial charge < -0.3 is 15.2 Å². The largest absolute Gasteiger partial charge is 0.356 e. The maximum atomic E-state index is 13.1. The van der Waals surface area contributed by atoms with Crippen molar-refractivity contribution in [1.29, 1.82) is 0 Å². The Hall–Kier alpha value is -1.71. The van der Waals surface area contributed by atoms with Crippen LogP contribution in [0.1, 0.15) is 18.4 Å². The van der Waals surface area contributed by atoms with E-state index in [1.54, 1.807) is 25.8 Å². The second kappa shape index (κ2) is 10.9. The average Bonchev–Trinajstić information content (AvgIpc) is 3.03. The summed E-state index contributed by atoms with van der Waals surface area (Å²) >= 11 is 0. The van der Waals surface area contributed by atoms with Gasteiger partial charge in [-0.1, -0.05) is 12.1 Å². The van der Waals surface area contributed by atoms with Crippen LogP contribution in [-0.4, -0.2) is 34.3 Å². The Morgan fingerprint density at radius 1 is 1.22 bits per heavy atom. The van der Waals surface area contributed by atoms with Crippen LogP contribution in [0.4, 0.5) is 4.39 Å². The van der Waals surface area contributed by atoms with Crippen LogP contribution in [0, 0.1) is 5.82 Å². The fourth-order valence-corrected chi connectivity index (χ4v) is 2.02. The number of halogens is 2. The molecule has 0 unspecified atom stereocenters. The maximum absolute atomic E-state index is 13.1. The number of nitrogens with one attached hydrogen (secondary N) is 2. The molecule has 8 heteroatoms. The van der Waals surface area contributed by atoms with Crippen LogP contribution in [0.3, 0.4) is 0 Å². The van der Waals surface area contributed by atoms with Crippen molar-refractivity contribution in [1.82, 2.24) is 25.4 Å². The highest BCUT2D eigenvalue weighted by Crippen LogP contribution is 2.02. The van der Waals surface area contributed by atoms with E-state index in [4.69, 9.17) is 0 Å². The smallest absolute Gasteiger partial charge is 0.191 e. The third-order valence-electron chi connectivity index (χ3n) is 3.17. The summed E-state index contributed by atoms with van der Waals surface area (Å²) < 4.78 is 15.0. The molecular weight excluding hydrogens is 410 g/mol. The van der Waals surface area contributed by atoms with Gasteiger partial charge in [0.1, 0.15) is 18.5 Å². The highest BCUT2D eigenvalue weighted by atomic mass is 127. The summed E-state index contributed by atoms with van der Waals surface area (Å²) in [5.41, 5.74) is 0.885. The van der Waals surface area contributed by atoms with Crippen molar-refractivity contribution in [2.45, 2.75) is 25.9 Å². The first kappa shape index (κ1) is 19.3. The third kappa shape index (κ3) is 7.40. The Labute approximate surface area is 152 Å². The van der Waals surface area contributed by atoms with E-state index < -0.39 is 0 Å². The second-order valence-electron chi connectivity index (χ2n) is 4.89. The lowest BCUT2D eigenvalue weighted by Gasteiger charge is -2.12. The van der Waals surface area contributed by atoms with Crippen molar-refractivity contribution < 1.29 is 4.39 Å². The topological polar surface area (TPSA) is 67.1 Å². The summed E-state index contributed by atoms with van der Waals surface area (Å²) in [6, 6.07) is 6.53. The minimum absolute atomic E-state index is 0. The van der Waals surface area contributed by atoms with E-state index in [1.165, 1.54) is 12.1 Å². The van der Waals surface area contributed by atoms with Crippen LogP contribution >= 0.6 is 24.0 Å². The van der Waals surface area contributed by atoms with E-state index in [0.717, 1.165) is 31.5 Å². The molecule has 0 fully saturated rings. The third-order valence-corrected chi connectivity index (χ3v) is 3.17. The number of hydrogen-bond donors (Lipinski definition) is 2. The summed E-state index contributed by atoms with van der Waals surface area (Å²) in [5, 5.41) is 13.9. The Morgan fingerprint density at radius 3 is 2.70 bits per heavy atom. The van der Waals surface area contributed by atoms with Crippen LogP contribution in [0.15, 0.2) is 41.9 Å². The summed E-state index contributed by atoms with van der Waals surface area (Å²) in [6.07, 6.45) is 5.48. The Bertz CT molecular complexity index is 587. The lowest BCUT2D eigenvalue weighted by atomic mass is 10.2. The number of aromatic nitrogens is 3. The SMILES string of the molecule is CN=C(NCCCCn1cnnc1)NCc1cccc(F)c1.I. The highest BCUT2D eigenvalue weighted by molar-refractivity contribution is 14.0. The van der Waals surface area contributed by atoms with Crippen LogP contribution in [-0.2, 0) is 13.1 Å². The molecule has 126 valence electrons. The number of benzene rings is 1. The number of aliphatic imine (C=N–C) groups is 1. The van der Waals surface area contributed by atoms with Gasteiger partial charge in [0.05, 0.1) is 0 Å². The van der Waals surface area contributed by atoms with E-state index in [1.807, 2.05) is 10.6 Å². The first-order chi connectivity index (χ1) is 10.8. The molecular formula is C15H22FIN6. The van der Waals surface area contributed by atoms with Gasteiger partial charge in [-0.3, -0.25) is 4.99 Å². The minimum Gasteiger partial charge on any atom is -0.356 e. The number of rotatable bonds is 7. The van der Waals surface area contributed by atoms with Crippen molar-refractivity contribution in [3.63, 3.8) is 0 Å². The number of guanidine groups is 1. The molecule has 2 rings (SSSR count). The number of aryl methyl sites for hydroxylation is 1. The van der Waals surface area contributed by atoms with E-state index in [9.17, 15) is 4.39 Å². The van der Waals surface area contributed by atoms with Gasteiger partial charge >= 0.3 is 0 Å². The minimum atomic E-state index is -0.226. The molecule has 2 aromatic rings. The first-order valence-corrected chi connectivity index (χ1v) is 7.29. The lowest BCUT2D eigenvalue weighted by molar-refractivity contribution is 0.597. The molecule has 0 radical (unpaired) electrons. The number of hydrogen-bond acceptors (Lipinski definition) is 3. The molecule has 0 amide bonds. The Balaban J connectivity index is 0.00000264. The van der Waals surface area contributed by atoms with Crippen molar-refractivity contribution in [3.8, 4) is 0 Å². The average molecular weight is 432 g/mol. The van der Waals surface area contributed by atoms with Crippen LogP contribution < -0.4 is 10.6 Å². The Kier molecular flexibility index (Phi) is 9.18. The fourth-order valence-electron chi connectivity index (χ4n) is 2.02. The molecule has 0 bridgehead atoms. The molecule has 0 spiro atoms. The normalized spacial score (nSPS) is 11.0. The molecule has 0 aliphatic carbocycles. The molecule has 0 atom stereocenters. The van der Waals surface area contributed by atoms with Gasteiger partial charge in [-0.2, -0.15) is 0 Å². The standard InChI is InChI=1S/C15H21FN6.HI/c1-17-15(19-10-13-5-4-6-14(16)9-13)18-7-2-3-8-22-11-20-21-12-22;/h4-6,9,11-12H,2-3,7-8,10H2,1H3,(H2,17,18,19);1H. The summed E-state index contributed by atoms with van der Waals surface area (Å²) in [7, 11) is 1.72. The molecule has 1 aromatic heterocycles. The zero-order chi connectivity index (χ0) is 15.6. The zero-order valence-corrected chi connectivity index (χ0v) is 15.4. The monoisotopic (exact) mass is 432 g/mol. The number of unbranched alkanes of at least 4 members (excludes halogenated alkanes) is 1. The maximum Gasteiger partial charge on any atom is 0.191 e. The molecule has 1 aromatic carbocycles. The van der Waals surface area contributed by atoms with Crippen molar-refractivity contribution in [3.05, 3.63) is 48.3 Å². The molecule has 2 N–H and O–H groups in total. The van der Waals surface area contributed by atoms with Gasteiger partial charge in [-0.05, 0) is 30.5 Å². The molecule has 6 nitrogen and oxygen atoms in total. The van der Waals surface area contributed by atoms with Gasteiger partial charge in [-0.25, -0.2) is 4.39 Å². The van der Waals surface area contributed by atoms with Crippen LogP contribution in [0.25, 0.3) is 0 Å². The molecule has 0 aliphatic rings. The van der Waals surface area contributed by atoms with Gasteiger partial charge in [0.2, 0.25) is 0 Å². The molecule has 0 saturated heterocycles. The van der Waals surface area contributed by atoms with Crippen LogP contribution in [0.2, 0.25) is 0 Å². The van der Waals surface area contributed by atoms with Gasteiger partial charge in [-0.15, -0.1) is 34.2 Å². The van der Waals surface area contributed by atoms with E-state index in [-0.39, 0.29) is 29.8 Å². The molecule has 0 saturated carbocycles. The predicted molar refractivity (Wildman–Crippen MR) is 99.3 cm³/mol. The lowest BCUT2D eigenvalue weighted by Crippen LogP contribution is -2.37. The molecule has 23 heavy (non-hydrogen) atoms. The van der Waals surface area contributed by atoms with Crippen molar-refractivity contribution in [2.75, 3.05) is 13.6 Å². The van der Waals surface area contributed by atoms with Gasteiger partial charge in [0, 0.05) is 26.7 Å². The van der Waals surface area contributed by atoms with E-state index in [2.05, 4.69) is 25.8 Å². The zero-order valence-electron chi connectivity index (χ0n) is 13.1. The second-order valence-corrected chi connectivity index (χ2v) is 4.89. The van der Waals surface area contributed by atoms with Gasteiger partial charge in [0.25, 0.3) is 0 Å². The van der Waals surface area contributed by atoms with E-state index in [0.29, 0.717) is 12.5 Å². The van der Waals surface area contributed by atoms with Crippen molar-refractivity contribution >= 4 is 29.9 Å². The summed E-state index contributed by atoms with van der Waals surface area (Å²) in [5.74, 6) is 0.491.